The Morgan fingerprint density at radius 3 is 2.67 bits per heavy atom. The van der Waals surface area contributed by atoms with Gasteiger partial charge in [0, 0.05) is 12.0 Å². The molecule has 4 nitrogen and oxygen atoms in total. The van der Waals surface area contributed by atoms with Crippen molar-refractivity contribution in [2.75, 3.05) is 26.2 Å². The van der Waals surface area contributed by atoms with Gasteiger partial charge in [-0.1, -0.05) is 0 Å². The van der Waals surface area contributed by atoms with E-state index in [1.54, 1.807) is 29.6 Å². The summed E-state index contributed by atoms with van der Waals surface area (Å²) in [6.45, 7) is 0.651. The van der Waals surface area contributed by atoms with Crippen molar-refractivity contribution in [2.24, 2.45) is 0 Å². The second-order valence-electron chi connectivity index (χ2n) is 4.78. The van der Waals surface area contributed by atoms with Crippen molar-refractivity contribution in [3.63, 3.8) is 0 Å². The summed E-state index contributed by atoms with van der Waals surface area (Å²) in [7, 11) is 1.28. The molecule has 0 spiro atoms. The number of rotatable bonds is 5. The highest BCUT2D eigenvalue weighted by Gasteiger charge is 2.34. The molecular weight excluding hydrogens is 308 g/mol. The van der Waals surface area contributed by atoms with Crippen LogP contribution in [-0.2, 0) is 16.0 Å². The summed E-state index contributed by atoms with van der Waals surface area (Å²) in [5, 5.41) is 0. The molecule has 0 unspecified atom stereocenters. The highest BCUT2D eigenvalue weighted by Crippen LogP contribution is 2.43. The highest BCUT2D eigenvalue weighted by atomic mass is 32.2. The molecule has 0 radical (unpaired) electrons. The molecule has 1 aromatic carbocycles. The molecule has 1 aromatic rings. The predicted octanol–water partition coefficient (Wildman–Crippen LogP) is 2.79. The number of hydrogen-bond acceptors (Lipinski definition) is 6. The number of thioether (sulfide) groups is 2. The monoisotopic (exact) mass is 326 g/mol. The fourth-order valence-corrected chi connectivity index (χ4v) is 3.83. The minimum absolute atomic E-state index is 0.0168. The maximum absolute atomic E-state index is 12.0. The van der Waals surface area contributed by atoms with Crippen LogP contribution in [0.5, 0.6) is 5.75 Å². The summed E-state index contributed by atoms with van der Waals surface area (Å²) in [5.41, 5.74) is 1.54. The Hall–Kier alpha value is -1.14. The molecule has 0 amide bonds. The Bertz CT molecular complexity index is 553. The van der Waals surface area contributed by atoms with E-state index < -0.39 is 5.97 Å². The number of methoxy groups -OCH3 is 1. The van der Waals surface area contributed by atoms with Gasteiger partial charge in [0.15, 0.2) is 5.78 Å². The molecule has 1 aliphatic heterocycles. The first kappa shape index (κ1) is 16.2. The minimum Gasteiger partial charge on any atom is -0.491 e. The molecule has 0 N–H and O–H groups in total. The van der Waals surface area contributed by atoms with E-state index in [1.807, 2.05) is 12.1 Å². The van der Waals surface area contributed by atoms with Gasteiger partial charge in [-0.2, -0.15) is 0 Å². The number of benzene rings is 1. The van der Waals surface area contributed by atoms with E-state index >= 15 is 0 Å². The maximum Gasteiger partial charge on any atom is 0.313 e. The standard InChI is InChI=1S/C15H18O4S2/c1-18-14(17)7-12(16)10-4-5-13-11(6-10)8-15(20-2,21-3)9-19-13/h4-6H,7-9H2,1-3H3. The van der Waals surface area contributed by atoms with E-state index in [1.165, 1.54) is 7.11 Å². The van der Waals surface area contributed by atoms with Gasteiger partial charge in [0.1, 0.15) is 18.8 Å². The second-order valence-corrected chi connectivity index (χ2v) is 7.42. The van der Waals surface area contributed by atoms with Gasteiger partial charge in [0.2, 0.25) is 0 Å². The quantitative estimate of drug-likeness (QED) is 0.359. The SMILES string of the molecule is COC(=O)CC(=O)c1ccc2c(c1)CC(SC)(SC)CO2. The summed E-state index contributed by atoms with van der Waals surface area (Å²) in [6.07, 6.45) is 4.74. The lowest BCUT2D eigenvalue weighted by molar-refractivity contribution is -0.139. The molecule has 0 saturated carbocycles. The number of fused-ring (bicyclic) bond motifs is 1. The number of ketones is 1. The fourth-order valence-electron chi connectivity index (χ4n) is 2.21. The molecule has 114 valence electrons. The summed E-state index contributed by atoms with van der Waals surface area (Å²) < 4.78 is 10.3. The molecule has 21 heavy (non-hydrogen) atoms. The van der Waals surface area contributed by atoms with E-state index in [4.69, 9.17) is 4.74 Å². The van der Waals surface area contributed by atoms with E-state index in [0.717, 1.165) is 17.7 Å². The van der Waals surface area contributed by atoms with Gasteiger partial charge in [-0.05, 0) is 36.3 Å². The van der Waals surface area contributed by atoms with Crippen molar-refractivity contribution < 1.29 is 19.1 Å². The molecule has 0 bridgehead atoms. The van der Waals surface area contributed by atoms with Gasteiger partial charge in [-0.3, -0.25) is 9.59 Å². The van der Waals surface area contributed by atoms with Crippen molar-refractivity contribution in [3.8, 4) is 5.75 Å². The lowest BCUT2D eigenvalue weighted by Crippen LogP contribution is -2.35. The topological polar surface area (TPSA) is 52.6 Å². The lowest BCUT2D eigenvalue weighted by atomic mass is 10.00. The van der Waals surface area contributed by atoms with Crippen molar-refractivity contribution in [1.82, 2.24) is 0 Å². The molecule has 0 fully saturated rings. The number of Topliss-reactive ketones (excluding diaryl/α,β-unsaturated/α-hetero) is 1. The first-order valence-electron chi connectivity index (χ1n) is 6.49. The number of esters is 1. The zero-order valence-corrected chi connectivity index (χ0v) is 13.9. The van der Waals surface area contributed by atoms with Crippen LogP contribution in [0, 0.1) is 0 Å². The summed E-state index contributed by atoms with van der Waals surface area (Å²) in [4.78, 5) is 23.3. The van der Waals surface area contributed by atoms with E-state index in [9.17, 15) is 9.59 Å². The van der Waals surface area contributed by atoms with Crippen LogP contribution in [-0.4, -0.2) is 42.1 Å². The smallest absolute Gasteiger partial charge is 0.313 e. The van der Waals surface area contributed by atoms with Crippen LogP contribution in [0.2, 0.25) is 0 Å². The Balaban J connectivity index is 2.23. The second kappa shape index (κ2) is 6.75. The molecular formula is C15H18O4S2. The van der Waals surface area contributed by atoms with E-state index in [-0.39, 0.29) is 16.3 Å². The summed E-state index contributed by atoms with van der Waals surface area (Å²) >= 11 is 3.53. The Labute approximate surface area is 133 Å². The molecule has 1 aliphatic rings. The van der Waals surface area contributed by atoms with Gasteiger partial charge in [-0.15, -0.1) is 23.5 Å². The Morgan fingerprint density at radius 1 is 1.33 bits per heavy atom. The van der Waals surface area contributed by atoms with Crippen molar-refractivity contribution in [3.05, 3.63) is 29.3 Å². The zero-order chi connectivity index (χ0) is 15.5. The van der Waals surface area contributed by atoms with Crippen LogP contribution >= 0.6 is 23.5 Å². The molecule has 0 atom stereocenters. The summed E-state index contributed by atoms with van der Waals surface area (Å²) in [6, 6.07) is 5.35. The third-order valence-corrected chi connectivity index (χ3v) is 6.58. The van der Waals surface area contributed by atoms with Gasteiger partial charge in [0.25, 0.3) is 0 Å². The number of ether oxygens (including phenoxy) is 2. The Morgan fingerprint density at radius 2 is 2.05 bits per heavy atom. The summed E-state index contributed by atoms with van der Waals surface area (Å²) in [5.74, 6) is 0.0778. The largest absolute Gasteiger partial charge is 0.491 e. The van der Waals surface area contributed by atoms with Crippen molar-refractivity contribution >= 4 is 35.3 Å². The molecule has 1 heterocycles. The normalized spacial score (nSPS) is 15.8. The van der Waals surface area contributed by atoms with Crippen LogP contribution in [0.3, 0.4) is 0 Å². The van der Waals surface area contributed by atoms with Gasteiger partial charge in [0.05, 0.1) is 11.2 Å². The first-order chi connectivity index (χ1) is 10.0. The highest BCUT2D eigenvalue weighted by molar-refractivity contribution is 8.17. The van der Waals surface area contributed by atoms with E-state index in [2.05, 4.69) is 17.2 Å². The Kier molecular flexibility index (Phi) is 5.22. The minimum atomic E-state index is -0.517. The van der Waals surface area contributed by atoms with Gasteiger partial charge >= 0.3 is 5.97 Å². The first-order valence-corrected chi connectivity index (χ1v) is 8.94. The van der Waals surface area contributed by atoms with Crippen molar-refractivity contribution in [1.29, 1.82) is 0 Å². The zero-order valence-electron chi connectivity index (χ0n) is 12.3. The number of carbonyl (C=O) groups excluding carboxylic acids is 2. The van der Waals surface area contributed by atoms with Gasteiger partial charge in [-0.25, -0.2) is 0 Å². The van der Waals surface area contributed by atoms with Crippen LogP contribution < -0.4 is 4.74 Å². The fraction of sp³-hybridized carbons (Fsp3) is 0.467. The third-order valence-electron chi connectivity index (χ3n) is 3.57. The predicted molar refractivity (Wildman–Crippen MR) is 86.4 cm³/mol. The van der Waals surface area contributed by atoms with Gasteiger partial charge < -0.3 is 9.47 Å². The van der Waals surface area contributed by atoms with E-state index in [0.29, 0.717) is 12.2 Å². The maximum atomic E-state index is 12.0. The molecule has 0 aliphatic carbocycles. The average molecular weight is 326 g/mol. The molecule has 6 heteroatoms. The molecule has 2 rings (SSSR count). The average Bonchev–Trinajstić information content (AvgIpc) is 2.53. The third kappa shape index (κ3) is 3.55. The number of carbonyl (C=O) groups is 2. The molecule has 0 saturated heterocycles. The number of hydrogen-bond donors (Lipinski definition) is 0. The van der Waals surface area contributed by atoms with Crippen molar-refractivity contribution in [2.45, 2.75) is 16.9 Å². The van der Waals surface area contributed by atoms with Crippen LogP contribution in [0.25, 0.3) is 0 Å². The van der Waals surface area contributed by atoms with Crippen LogP contribution in [0.15, 0.2) is 18.2 Å². The lowest BCUT2D eigenvalue weighted by Gasteiger charge is -2.35. The van der Waals surface area contributed by atoms with Crippen LogP contribution in [0.1, 0.15) is 22.3 Å². The molecule has 0 aromatic heterocycles. The van der Waals surface area contributed by atoms with Crippen LogP contribution in [0.4, 0.5) is 0 Å².